The van der Waals surface area contributed by atoms with Crippen molar-refractivity contribution in [2.24, 2.45) is 5.73 Å². The molecule has 1 aliphatic carbocycles. The molecule has 0 spiro atoms. The predicted molar refractivity (Wildman–Crippen MR) is 49.9 cm³/mol. The van der Waals surface area contributed by atoms with Crippen LogP contribution in [-0.4, -0.2) is 25.4 Å². The van der Waals surface area contributed by atoms with Gasteiger partial charge in [0, 0.05) is 0 Å². The van der Waals surface area contributed by atoms with Crippen molar-refractivity contribution in [1.29, 1.82) is 0 Å². The number of hydrogen-bond acceptors (Lipinski definition) is 5. The zero-order chi connectivity index (χ0) is 11.0. The molecule has 1 aliphatic rings. The number of rotatable bonds is 2. The Labute approximate surface area is 91.5 Å². The second-order valence-corrected chi connectivity index (χ2v) is 16.5. The Morgan fingerprint density at radius 1 is 1.50 bits per heavy atom. The molecule has 2 atom stereocenters. The summed E-state index contributed by atoms with van der Waals surface area (Å²) < 4.78 is 20.6. The zero-order valence-electron chi connectivity index (χ0n) is 7.23. The number of Topliss-reactive ketones (excluding diaryl/α,β-unsaturated/α-hetero) is 1. The summed E-state index contributed by atoms with van der Waals surface area (Å²) in [5.41, 5.74) is 5.63. The Balaban J connectivity index is 2.63. The van der Waals surface area contributed by atoms with Crippen LogP contribution < -0.4 is 9.61 Å². The van der Waals surface area contributed by atoms with Gasteiger partial charge in [-0.25, -0.2) is 0 Å². The molecule has 1 rings (SSSR count). The van der Waals surface area contributed by atoms with E-state index in [1.165, 1.54) is 0 Å². The van der Waals surface area contributed by atoms with Crippen LogP contribution >= 0.6 is 18.8 Å². The van der Waals surface area contributed by atoms with E-state index >= 15 is 0 Å². The molecule has 5 N–H and O–H groups in total. The monoisotopic (exact) mass is 426 g/mol. The van der Waals surface area contributed by atoms with Gasteiger partial charge >= 0.3 is 91.6 Å². The molecule has 2 unspecified atom stereocenters. The standard InChI is InChI=1S/C6H11N2O.2ClH.2H2O.Pt/c7-4-1-2-6(9)5(8)3-4;;;;;/h4-5,8H,1-3,7H2;2*1H;2*1H2;/q-1;;;;;+5/p-4. The van der Waals surface area contributed by atoms with E-state index in [9.17, 15) is 12.3 Å². The summed E-state index contributed by atoms with van der Waals surface area (Å²) in [7, 11) is 10.6. The van der Waals surface area contributed by atoms with E-state index in [1.54, 1.807) is 0 Å². The third-order valence-corrected chi connectivity index (χ3v) is 4.95. The maximum atomic E-state index is 11.3. The van der Waals surface area contributed by atoms with E-state index in [-0.39, 0.29) is 11.8 Å². The first-order valence-electron chi connectivity index (χ1n) is 3.87. The summed E-state index contributed by atoms with van der Waals surface area (Å²) in [5, 5.41) is 0. The van der Waals surface area contributed by atoms with Gasteiger partial charge in [-0.05, 0) is 0 Å². The summed E-state index contributed by atoms with van der Waals surface area (Å²) in [6.07, 6.45) is 1.26. The van der Waals surface area contributed by atoms with Gasteiger partial charge in [0.05, 0.1) is 0 Å². The molecule has 1 saturated carbocycles. The van der Waals surface area contributed by atoms with Crippen molar-refractivity contribution in [3.8, 4) is 0 Å². The van der Waals surface area contributed by atoms with Gasteiger partial charge in [0.15, 0.2) is 0 Å². The fourth-order valence-electron chi connectivity index (χ4n) is 1.32. The molecule has 0 aliphatic heterocycles. The molecular formula is C6H13Cl2N2O3Pt. The van der Waals surface area contributed by atoms with E-state index in [0.717, 1.165) is 0 Å². The summed E-state index contributed by atoms with van der Waals surface area (Å²) >= 11 is -5.45. The SMILES string of the molecule is NC1CCC(=O)C([NH][Pt]([OH])([OH])([Cl])[Cl])C1. The number of carbonyl (C=O) groups is 1. The van der Waals surface area contributed by atoms with Crippen LogP contribution in [0.1, 0.15) is 19.3 Å². The van der Waals surface area contributed by atoms with E-state index in [2.05, 4.69) is 3.88 Å². The first-order chi connectivity index (χ1) is 6.13. The quantitative estimate of drug-likeness (QED) is 0.488. The van der Waals surface area contributed by atoms with Gasteiger partial charge in [0.25, 0.3) is 0 Å². The van der Waals surface area contributed by atoms with Crippen LogP contribution in [0.3, 0.4) is 0 Å². The van der Waals surface area contributed by atoms with Crippen molar-refractivity contribution >= 4 is 24.6 Å². The molecule has 8 heteroatoms. The van der Waals surface area contributed by atoms with E-state index in [0.29, 0.717) is 19.3 Å². The van der Waals surface area contributed by atoms with Crippen LogP contribution in [0.25, 0.3) is 0 Å². The van der Waals surface area contributed by atoms with Crippen LogP contribution in [0.2, 0.25) is 0 Å². The number of ketones is 1. The molecule has 0 aromatic carbocycles. The van der Waals surface area contributed by atoms with Gasteiger partial charge in [-0.1, -0.05) is 0 Å². The first-order valence-corrected chi connectivity index (χ1v) is 12.7. The summed E-state index contributed by atoms with van der Waals surface area (Å²) in [4.78, 5) is 11.3. The normalized spacial score (nSPS) is 32.4. The van der Waals surface area contributed by atoms with Crippen LogP contribution in [0.15, 0.2) is 0 Å². The molecule has 0 saturated heterocycles. The topological polar surface area (TPSA) is 95.6 Å². The fraction of sp³-hybridized carbons (Fsp3) is 0.833. The second-order valence-electron chi connectivity index (χ2n) is 3.23. The van der Waals surface area contributed by atoms with E-state index in [4.69, 9.17) is 24.6 Å². The van der Waals surface area contributed by atoms with Gasteiger partial charge in [-0.2, -0.15) is 0 Å². The number of nitrogens with one attached hydrogen (secondary N) is 1. The van der Waals surface area contributed by atoms with Crippen molar-refractivity contribution in [1.82, 2.24) is 3.88 Å². The van der Waals surface area contributed by atoms with Crippen molar-refractivity contribution in [2.45, 2.75) is 31.3 Å². The molecule has 1 fully saturated rings. The van der Waals surface area contributed by atoms with Crippen molar-refractivity contribution in [3.63, 3.8) is 0 Å². The Bertz CT molecular complexity index is 246. The van der Waals surface area contributed by atoms with Gasteiger partial charge in [-0.15, -0.1) is 0 Å². The number of carbonyl (C=O) groups excluding carboxylic acids is 1. The molecule has 89 valence electrons. The van der Waals surface area contributed by atoms with Crippen LogP contribution in [0.4, 0.5) is 0 Å². The maximum absolute atomic E-state index is 11.3. The van der Waals surface area contributed by atoms with Crippen molar-refractivity contribution < 1.29 is 26.1 Å². The summed E-state index contributed by atoms with van der Waals surface area (Å²) in [6.45, 7) is 0. The number of halogens is 2. The second kappa shape index (κ2) is 3.98. The molecular weight excluding hydrogens is 414 g/mol. The Kier molecular flexibility index (Phi) is 3.65. The molecule has 0 amide bonds. The minimum absolute atomic E-state index is 0.133. The molecule has 0 aromatic heterocycles. The molecule has 0 aromatic rings. The molecule has 0 heterocycles. The van der Waals surface area contributed by atoms with Gasteiger partial charge < -0.3 is 0 Å². The Morgan fingerprint density at radius 3 is 2.57 bits per heavy atom. The van der Waals surface area contributed by atoms with Crippen molar-refractivity contribution in [2.75, 3.05) is 0 Å². The summed E-state index contributed by atoms with van der Waals surface area (Å²) in [5.74, 6) is -0.134. The number of hydrogen-bond donors (Lipinski definition) is 4. The molecule has 5 nitrogen and oxygen atoms in total. The van der Waals surface area contributed by atoms with Gasteiger partial charge in [-0.3, -0.25) is 0 Å². The van der Waals surface area contributed by atoms with Crippen LogP contribution in [-0.2, 0) is 18.5 Å². The molecule has 0 radical (unpaired) electrons. The van der Waals surface area contributed by atoms with E-state index < -0.39 is 19.8 Å². The third-order valence-electron chi connectivity index (χ3n) is 1.95. The third kappa shape index (κ3) is 4.53. The molecule has 14 heavy (non-hydrogen) atoms. The average Bonchev–Trinajstić information content (AvgIpc) is 1.92. The zero-order valence-corrected chi connectivity index (χ0v) is 11.0. The molecule has 0 bridgehead atoms. The fourth-order valence-corrected chi connectivity index (χ4v) is 4.63. The van der Waals surface area contributed by atoms with Crippen molar-refractivity contribution in [3.05, 3.63) is 0 Å². The number of nitrogens with two attached hydrogens (primary N) is 1. The van der Waals surface area contributed by atoms with Crippen LogP contribution in [0, 0.1) is 0 Å². The predicted octanol–water partition coefficient (Wildman–Crippen LogP) is -0.248. The average molecular weight is 427 g/mol. The van der Waals surface area contributed by atoms with Crippen LogP contribution in [0.5, 0.6) is 0 Å². The minimum atomic E-state index is -5.45. The van der Waals surface area contributed by atoms with E-state index in [1.807, 2.05) is 0 Å². The Morgan fingerprint density at radius 2 is 2.07 bits per heavy atom. The van der Waals surface area contributed by atoms with Gasteiger partial charge in [0.2, 0.25) is 0 Å². The summed E-state index contributed by atoms with van der Waals surface area (Å²) in [6, 6.07) is -0.871. The van der Waals surface area contributed by atoms with Gasteiger partial charge in [0.1, 0.15) is 0 Å². The first kappa shape index (κ1) is 12.8. The Hall–Kier alpha value is 0.778.